The molecule has 160 valence electrons. The molecule has 0 aromatic heterocycles. The summed E-state index contributed by atoms with van der Waals surface area (Å²) in [5.74, 6) is -0.158. The summed E-state index contributed by atoms with van der Waals surface area (Å²) in [7, 11) is 1.48. The van der Waals surface area contributed by atoms with E-state index in [0.717, 1.165) is 19.3 Å². The number of nitriles is 1. The maximum atomic E-state index is 12.4. The molecule has 0 bridgehead atoms. The molecular formula is C24H24N2O5. The number of esters is 1. The Labute approximate surface area is 181 Å². The van der Waals surface area contributed by atoms with Gasteiger partial charge in [-0.2, -0.15) is 5.26 Å². The molecule has 0 fully saturated rings. The van der Waals surface area contributed by atoms with E-state index in [0.29, 0.717) is 22.7 Å². The molecule has 0 spiro atoms. The van der Waals surface area contributed by atoms with Crippen molar-refractivity contribution >= 4 is 23.6 Å². The predicted octanol–water partition coefficient (Wildman–Crippen LogP) is 3.67. The number of ether oxygens (including phenoxy) is 3. The minimum Gasteiger partial charge on any atom is -0.493 e. The Bertz CT molecular complexity index is 1040. The number of aryl methyl sites for hydroxylation is 2. The van der Waals surface area contributed by atoms with E-state index < -0.39 is 12.1 Å². The highest BCUT2D eigenvalue weighted by Crippen LogP contribution is 2.28. The third kappa shape index (κ3) is 5.86. The number of carbonyl (C=O) groups excluding carboxylic acids is 2. The molecule has 7 nitrogen and oxygen atoms in total. The SMILES string of the molecule is COc1cc(/C=C/C(=O)O[C@@H](C)C(=O)Nc2ccc3c(c2)CCC3)ccc1OCC#N. The van der Waals surface area contributed by atoms with Crippen molar-refractivity contribution in [3.05, 3.63) is 59.2 Å². The quantitative estimate of drug-likeness (QED) is 0.517. The molecule has 7 heteroatoms. The van der Waals surface area contributed by atoms with Gasteiger partial charge >= 0.3 is 5.97 Å². The van der Waals surface area contributed by atoms with Gasteiger partial charge in [-0.25, -0.2) is 4.79 Å². The Morgan fingerprint density at radius 1 is 1.16 bits per heavy atom. The van der Waals surface area contributed by atoms with Crippen LogP contribution in [-0.4, -0.2) is 31.7 Å². The molecule has 3 rings (SSSR count). The minimum absolute atomic E-state index is 0.0940. The number of hydrogen-bond acceptors (Lipinski definition) is 6. The second-order valence-corrected chi connectivity index (χ2v) is 7.10. The zero-order valence-electron chi connectivity index (χ0n) is 17.5. The van der Waals surface area contributed by atoms with Gasteiger partial charge in [0.1, 0.15) is 6.07 Å². The number of methoxy groups -OCH3 is 1. The molecule has 1 aliphatic carbocycles. The number of benzene rings is 2. The fraction of sp³-hybridized carbons (Fsp3) is 0.292. The molecule has 0 radical (unpaired) electrons. The first-order valence-electron chi connectivity index (χ1n) is 9.99. The monoisotopic (exact) mass is 420 g/mol. The molecule has 1 aliphatic rings. The Kier molecular flexibility index (Phi) is 7.28. The number of nitrogens with zero attached hydrogens (tertiary/aromatic N) is 1. The van der Waals surface area contributed by atoms with Gasteiger partial charge in [-0.3, -0.25) is 4.79 Å². The van der Waals surface area contributed by atoms with Crippen LogP contribution in [0.2, 0.25) is 0 Å². The lowest BCUT2D eigenvalue weighted by Gasteiger charge is -2.13. The van der Waals surface area contributed by atoms with Gasteiger partial charge in [0.25, 0.3) is 5.91 Å². The molecule has 2 aromatic carbocycles. The third-order valence-corrected chi connectivity index (χ3v) is 4.92. The Balaban J connectivity index is 1.55. The van der Waals surface area contributed by atoms with Crippen LogP contribution >= 0.6 is 0 Å². The van der Waals surface area contributed by atoms with Crippen LogP contribution in [0.5, 0.6) is 11.5 Å². The molecule has 2 aromatic rings. The molecule has 31 heavy (non-hydrogen) atoms. The summed E-state index contributed by atoms with van der Waals surface area (Å²) in [5.41, 5.74) is 3.96. The summed E-state index contributed by atoms with van der Waals surface area (Å²) in [5, 5.41) is 11.4. The van der Waals surface area contributed by atoms with Gasteiger partial charge in [0.05, 0.1) is 7.11 Å². The fourth-order valence-corrected chi connectivity index (χ4v) is 3.34. The Morgan fingerprint density at radius 2 is 1.97 bits per heavy atom. The first kappa shape index (κ1) is 21.9. The van der Waals surface area contributed by atoms with Crippen molar-refractivity contribution in [3.63, 3.8) is 0 Å². The van der Waals surface area contributed by atoms with E-state index >= 15 is 0 Å². The van der Waals surface area contributed by atoms with Gasteiger partial charge in [0.15, 0.2) is 24.2 Å². The summed E-state index contributed by atoms with van der Waals surface area (Å²) in [6.45, 7) is 1.43. The van der Waals surface area contributed by atoms with Gasteiger partial charge in [0.2, 0.25) is 0 Å². The van der Waals surface area contributed by atoms with E-state index in [2.05, 4.69) is 5.32 Å². The fourth-order valence-electron chi connectivity index (χ4n) is 3.34. The van der Waals surface area contributed by atoms with Crippen molar-refractivity contribution in [2.45, 2.75) is 32.3 Å². The molecule has 0 saturated carbocycles. The molecule has 0 heterocycles. The highest BCUT2D eigenvalue weighted by Gasteiger charge is 2.18. The standard InChI is InChI=1S/C24H24N2O5/c1-16(24(28)26-20-9-8-18-4-3-5-19(18)15-20)31-23(27)11-7-17-6-10-21(30-13-12-25)22(14-17)29-2/h6-11,14-16H,3-5,13H2,1-2H3,(H,26,28)/b11-7+/t16-/m0/s1. The largest absolute Gasteiger partial charge is 0.493 e. The maximum absolute atomic E-state index is 12.4. The van der Waals surface area contributed by atoms with E-state index in [4.69, 9.17) is 19.5 Å². The second kappa shape index (κ2) is 10.3. The van der Waals surface area contributed by atoms with Crippen molar-refractivity contribution < 1.29 is 23.8 Å². The second-order valence-electron chi connectivity index (χ2n) is 7.10. The summed E-state index contributed by atoms with van der Waals surface area (Å²) < 4.78 is 15.7. The molecular weight excluding hydrogens is 396 g/mol. The number of amides is 1. The first-order chi connectivity index (χ1) is 15.0. The third-order valence-electron chi connectivity index (χ3n) is 4.92. The van der Waals surface area contributed by atoms with E-state index in [1.807, 2.05) is 24.3 Å². The van der Waals surface area contributed by atoms with Crippen LogP contribution in [0.25, 0.3) is 6.08 Å². The van der Waals surface area contributed by atoms with Crippen LogP contribution in [0.3, 0.4) is 0 Å². The zero-order chi connectivity index (χ0) is 22.2. The van der Waals surface area contributed by atoms with Crippen LogP contribution in [0, 0.1) is 11.3 Å². The Morgan fingerprint density at radius 3 is 2.74 bits per heavy atom. The zero-order valence-corrected chi connectivity index (χ0v) is 17.5. The minimum atomic E-state index is -0.943. The van der Waals surface area contributed by atoms with Gasteiger partial charge < -0.3 is 19.5 Å². The van der Waals surface area contributed by atoms with Gasteiger partial charge in [-0.05, 0) is 73.2 Å². The number of hydrogen-bond donors (Lipinski definition) is 1. The maximum Gasteiger partial charge on any atom is 0.331 e. The molecule has 0 unspecified atom stereocenters. The molecule has 1 N–H and O–H groups in total. The van der Waals surface area contributed by atoms with E-state index in [1.165, 1.54) is 31.2 Å². The lowest BCUT2D eigenvalue weighted by Crippen LogP contribution is -2.29. The molecule has 0 aliphatic heterocycles. The van der Waals surface area contributed by atoms with Crippen molar-refractivity contribution in [1.29, 1.82) is 5.26 Å². The summed E-state index contributed by atoms with van der Waals surface area (Å²) in [4.78, 5) is 24.5. The number of nitrogens with one attached hydrogen (secondary N) is 1. The lowest BCUT2D eigenvalue weighted by atomic mass is 10.1. The van der Waals surface area contributed by atoms with E-state index in [-0.39, 0.29) is 12.5 Å². The summed E-state index contributed by atoms with van der Waals surface area (Å²) in [6.07, 6.45) is 5.07. The number of fused-ring (bicyclic) bond motifs is 1. The van der Waals surface area contributed by atoms with E-state index in [9.17, 15) is 9.59 Å². The van der Waals surface area contributed by atoms with Crippen LogP contribution in [-0.2, 0) is 27.2 Å². The summed E-state index contributed by atoms with van der Waals surface area (Å²) >= 11 is 0. The van der Waals surface area contributed by atoms with Crippen LogP contribution < -0.4 is 14.8 Å². The van der Waals surface area contributed by atoms with E-state index in [1.54, 1.807) is 24.3 Å². The number of carbonyl (C=O) groups is 2. The highest BCUT2D eigenvalue weighted by molar-refractivity contribution is 5.96. The van der Waals surface area contributed by atoms with Crippen molar-refractivity contribution in [2.75, 3.05) is 19.0 Å². The van der Waals surface area contributed by atoms with Crippen molar-refractivity contribution in [1.82, 2.24) is 0 Å². The van der Waals surface area contributed by atoms with Gasteiger partial charge in [-0.15, -0.1) is 0 Å². The number of anilines is 1. The average molecular weight is 420 g/mol. The summed E-state index contributed by atoms with van der Waals surface area (Å²) in [6, 6.07) is 12.8. The normalized spacial score (nSPS) is 13.2. The average Bonchev–Trinajstić information content (AvgIpc) is 3.24. The van der Waals surface area contributed by atoms with Crippen molar-refractivity contribution in [3.8, 4) is 17.6 Å². The Hall–Kier alpha value is -3.79. The van der Waals surface area contributed by atoms with Gasteiger partial charge in [0, 0.05) is 11.8 Å². The smallest absolute Gasteiger partial charge is 0.331 e. The first-order valence-corrected chi connectivity index (χ1v) is 9.99. The highest BCUT2D eigenvalue weighted by atomic mass is 16.5. The molecule has 1 amide bonds. The van der Waals surface area contributed by atoms with Crippen molar-refractivity contribution in [2.24, 2.45) is 0 Å². The van der Waals surface area contributed by atoms with Crippen LogP contribution in [0.1, 0.15) is 30.0 Å². The molecule has 0 saturated heterocycles. The predicted molar refractivity (Wildman–Crippen MR) is 116 cm³/mol. The number of rotatable bonds is 8. The lowest BCUT2D eigenvalue weighted by molar-refractivity contribution is -0.148. The molecule has 1 atom stereocenters. The topological polar surface area (TPSA) is 97.7 Å². The van der Waals surface area contributed by atoms with Gasteiger partial charge in [-0.1, -0.05) is 12.1 Å². The van der Waals surface area contributed by atoms with Crippen LogP contribution in [0.15, 0.2) is 42.5 Å². The van der Waals surface area contributed by atoms with Crippen LogP contribution in [0.4, 0.5) is 5.69 Å².